The lowest BCUT2D eigenvalue weighted by Gasteiger charge is -2.18. The lowest BCUT2D eigenvalue weighted by molar-refractivity contribution is 0.0932. The summed E-state index contributed by atoms with van der Waals surface area (Å²) in [5, 5.41) is 3.25. The van der Waals surface area contributed by atoms with Crippen LogP contribution < -0.4 is 5.32 Å². The number of aryl methyl sites for hydroxylation is 1. The van der Waals surface area contributed by atoms with E-state index in [9.17, 15) is 4.79 Å². The van der Waals surface area contributed by atoms with Crippen LogP contribution in [0.1, 0.15) is 126 Å². The topological polar surface area (TPSA) is 29.1 Å². The minimum absolute atomic E-state index is 0.0809. The third-order valence-electron chi connectivity index (χ3n) is 5.69. The fraction of sp³-hybridized carbons (Fsp3) is 0.731. The predicted octanol–water partition coefficient (Wildman–Crippen LogP) is 7.98. The molecule has 2 nitrogen and oxygen atoms in total. The van der Waals surface area contributed by atoms with E-state index >= 15 is 0 Å². The number of benzene rings is 1. The van der Waals surface area contributed by atoms with Crippen molar-refractivity contribution in [1.29, 1.82) is 0 Å². The van der Waals surface area contributed by atoms with Gasteiger partial charge >= 0.3 is 0 Å². The summed E-state index contributed by atoms with van der Waals surface area (Å²) in [5.41, 5.74) is 1.97. The van der Waals surface area contributed by atoms with Crippen LogP contribution in [-0.2, 0) is 0 Å². The summed E-state index contributed by atoms with van der Waals surface area (Å²) in [5.74, 6) is 0.0809. The Morgan fingerprint density at radius 2 is 1.21 bits per heavy atom. The Morgan fingerprint density at radius 1 is 0.714 bits per heavy atom. The molecule has 0 radical (unpaired) electrons. The van der Waals surface area contributed by atoms with Gasteiger partial charge in [0.2, 0.25) is 0 Å². The molecule has 0 bridgehead atoms. The molecule has 1 rings (SSSR count). The van der Waals surface area contributed by atoms with E-state index in [-0.39, 0.29) is 5.91 Å². The molecule has 0 spiro atoms. The van der Waals surface area contributed by atoms with Crippen LogP contribution in [0.4, 0.5) is 0 Å². The second kappa shape index (κ2) is 16.6. The molecule has 160 valence electrons. The fourth-order valence-electron chi connectivity index (χ4n) is 3.84. The van der Waals surface area contributed by atoms with Crippen molar-refractivity contribution in [1.82, 2.24) is 5.32 Å². The summed E-state index contributed by atoms with van der Waals surface area (Å²) < 4.78 is 0. The van der Waals surface area contributed by atoms with E-state index in [0.29, 0.717) is 6.04 Å². The van der Waals surface area contributed by atoms with E-state index in [1.54, 1.807) is 0 Å². The van der Waals surface area contributed by atoms with Gasteiger partial charge in [-0.1, -0.05) is 115 Å². The molecule has 0 saturated carbocycles. The standard InChI is InChI=1S/C26H45NO/c1-4-6-7-8-9-10-11-12-13-14-15-16-18-25(17-5-2)27-26(28)24-21-19-23(3)20-22-24/h19-22,25H,4-18H2,1-3H3,(H,27,28). The van der Waals surface area contributed by atoms with Gasteiger partial charge in [-0.15, -0.1) is 0 Å². The van der Waals surface area contributed by atoms with Gasteiger partial charge in [-0.25, -0.2) is 0 Å². The molecule has 0 aliphatic heterocycles. The summed E-state index contributed by atoms with van der Waals surface area (Å²) in [7, 11) is 0. The molecule has 0 aliphatic carbocycles. The monoisotopic (exact) mass is 387 g/mol. The smallest absolute Gasteiger partial charge is 0.251 e. The van der Waals surface area contributed by atoms with Gasteiger partial charge in [0, 0.05) is 11.6 Å². The van der Waals surface area contributed by atoms with E-state index in [1.807, 2.05) is 24.3 Å². The van der Waals surface area contributed by atoms with Crippen LogP contribution in [0, 0.1) is 6.92 Å². The van der Waals surface area contributed by atoms with Gasteiger partial charge in [0.25, 0.3) is 5.91 Å². The SMILES string of the molecule is CCCCCCCCCCCCCCC(CCC)NC(=O)c1ccc(C)cc1. The van der Waals surface area contributed by atoms with E-state index in [0.717, 1.165) is 24.8 Å². The van der Waals surface area contributed by atoms with E-state index in [1.165, 1.54) is 82.6 Å². The zero-order valence-electron chi connectivity index (χ0n) is 18.9. The molecule has 1 unspecified atom stereocenters. The minimum Gasteiger partial charge on any atom is -0.349 e. The van der Waals surface area contributed by atoms with Crippen molar-refractivity contribution in [3.8, 4) is 0 Å². The maximum Gasteiger partial charge on any atom is 0.251 e. The average Bonchev–Trinajstić information content (AvgIpc) is 2.69. The summed E-state index contributed by atoms with van der Waals surface area (Å²) in [6, 6.07) is 8.20. The maximum atomic E-state index is 12.4. The van der Waals surface area contributed by atoms with Crippen LogP contribution in [-0.4, -0.2) is 11.9 Å². The van der Waals surface area contributed by atoms with Gasteiger partial charge in [-0.2, -0.15) is 0 Å². The van der Waals surface area contributed by atoms with Gasteiger partial charge in [-0.05, 0) is 31.9 Å². The van der Waals surface area contributed by atoms with Gasteiger partial charge in [0.05, 0.1) is 0 Å². The molecule has 1 aromatic rings. The van der Waals surface area contributed by atoms with Crippen molar-refractivity contribution in [3.63, 3.8) is 0 Å². The second-order valence-corrected chi connectivity index (χ2v) is 8.50. The number of rotatable bonds is 17. The number of nitrogens with one attached hydrogen (secondary N) is 1. The Kier molecular flexibility index (Phi) is 14.7. The largest absolute Gasteiger partial charge is 0.349 e. The van der Waals surface area contributed by atoms with Crippen LogP contribution in [0.5, 0.6) is 0 Å². The molecule has 1 N–H and O–H groups in total. The Morgan fingerprint density at radius 3 is 1.71 bits per heavy atom. The fourth-order valence-corrected chi connectivity index (χ4v) is 3.84. The predicted molar refractivity (Wildman–Crippen MR) is 123 cm³/mol. The Balaban J connectivity index is 2.08. The first kappa shape index (κ1) is 24.7. The number of amides is 1. The maximum absolute atomic E-state index is 12.4. The van der Waals surface area contributed by atoms with Gasteiger partial charge in [0.15, 0.2) is 0 Å². The van der Waals surface area contributed by atoms with E-state index in [2.05, 4.69) is 26.1 Å². The molecular formula is C26H45NO. The summed E-state index contributed by atoms with van der Waals surface area (Å²) in [4.78, 5) is 12.4. The third kappa shape index (κ3) is 12.2. The van der Waals surface area contributed by atoms with Crippen LogP contribution >= 0.6 is 0 Å². The van der Waals surface area contributed by atoms with Crippen molar-refractivity contribution in [3.05, 3.63) is 35.4 Å². The molecular weight excluding hydrogens is 342 g/mol. The molecule has 0 aliphatic rings. The van der Waals surface area contributed by atoms with Crippen molar-refractivity contribution in [2.24, 2.45) is 0 Å². The molecule has 0 fully saturated rings. The molecule has 1 aromatic carbocycles. The van der Waals surface area contributed by atoms with Crippen molar-refractivity contribution < 1.29 is 4.79 Å². The lowest BCUT2D eigenvalue weighted by atomic mass is 10.0. The van der Waals surface area contributed by atoms with Crippen LogP contribution in [0.15, 0.2) is 24.3 Å². The number of carbonyl (C=O) groups is 1. The second-order valence-electron chi connectivity index (χ2n) is 8.50. The first-order valence-electron chi connectivity index (χ1n) is 12.0. The quantitative estimate of drug-likeness (QED) is 0.270. The first-order chi connectivity index (χ1) is 13.7. The third-order valence-corrected chi connectivity index (χ3v) is 5.69. The molecule has 1 atom stereocenters. The van der Waals surface area contributed by atoms with E-state index in [4.69, 9.17) is 0 Å². The minimum atomic E-state index is 0.0809. The van der Waals surface area contributed by atoms with E-state index < -0.39 is 0 Å². The van der Waals surface area contributed by atoms with Gasteiger partial charge in [0.1, 0.15) is 0 Å². The highest BCUT2D eigenvalue weighted by molar-refractivity contribution is 5.94. The van der Waals surface area contributed by atoms with Crippen LogP contribution in [0.2, 0.25) is 0 Å². The number of unbranched alkanes of at least 4 members (excludes halogenated alkanes) is 11. The Bertz CT molecular complexity index is 494. The van der Waals surface area contributed by atoms with Crippen molar-refractivity contribution >= 4 is 5.91 Å². The van der Waals surface area contributed by atoms with Crippen LogP contribution in [0.3, 0.4) is 0 Å². The highest BCUT2D eigenvalue weighted by Gasteiger charge is 2.12. The molecule has 0 saturated heterocycles. The average molecular weight is 388 g/mol. The lowest BCUT2D eigenvalue weighted by Crippen LogP contribution is -2.34. The molecule has 2 heteroatoms. The number of hydrogen-bond acceptors (Lipinski definition) is 1. The number of hydrogen-bond donors (Lipinski definition) is 1. The van der Waals surface area contributed by atoms with Crippen molar-refractivity contribution in [2.45, 2.75) is 123 Å². The first-order valence-corrected chi connectivity index (χ1v) is 12.0. The molecule has 1 amide bonds. The zero-order valence-corrected chi connectivity index (χ0v) is 18.9. The number of carbonyl (C=O) groups excluding carboxylic acids is 1. The summed E-state index contributed by atoms with van der Waals surface area (Å²) >= 11 is 0. The highest BCUT2D eigenvalue weighted by Crippen LogP contribution is 2.14. The Hall–Kier alpha value is -1.31. The Labute approximate surface area is 174 Å². The summed E-state index contributed by atoms with van der Waals surface area (Å²) in [6.45, 7) is 6.53. The van der Waals surface area contributed by atoms with Gasteiger partial charge < -0.3 is 5.32 Å². The summed E-state index contributed by atoms with van der Waals surface area (Å²) in [6.07, 6.45) is 19.8. The molecule has 28 heavy (non-hydrogen) atoms. The highest BCUT2D eigenvalue weighted by atomic mass is 16.1. The molecule has 0 aromatic heterocycles. The van der Waals surface area contributed by atoms with Crippen molar-refractivity contribution in [2.75, 3.05) is 0 Å². The molecule has 0 heterocycles. The van der Waals surface area contributed by atoms with Crippen LogP contribution in [0.25, 0.3) is 0 Å². The van der Waals surface area contributed by atoms with Gasteiger partial charge in [-0.3, -0.25) is 4.79 Å². The zero-order chi connectivity index (χ0) is 20.5. The normalized spacial score (nSPS) is 12.1.